The van der Waals surface area contributed by atoms with Crippen molar-refractivity contribution in [1.82, 2.24) is 24.5 Å². The summed E-state index contributed by atoms with van der Waals surface area (Å²) in [5, 5.41) is 8.03. The van der Waals surface area contributed by atoms with Crippen molar-refractivity contribution in [3.05, 3.63) is 24.4 Å². The van der Waals surface area contributed by atoms with Crippen molar-refractivity contribution in [2.75, 3.05) is 5.73 Å². The molecule has 0 bridgehead atoms. The van der Waals surface area contributed by atoms with Gasteiger partial charge in [-0.25, -0.2) is 4.98 Å². The number of hydrogen-bond acceptors (Lipinski definition) is 4. The lowest BCUT2D eigenvalue weighted by Crippen LogP contribution is -2.12. The van der Waals surface area contributed by atoms with Crippen molar-refractivity contribution in [3.8, 4) is 0 Å². The molecule has 0 spiro atoms. The first-order chi connectivity index (χ1) is 7.16. The zero-order chi connectivity index (χ0) is 10.8. The average molecular weight is 206 g/mol. The molecule has 2 rings (SSSR count). The molecule has 0 radical (unpaired) electrons. The maximum absolute atomic E-state index is 5.48. The van der Waals surface area contributed by atoms with E-state index in [1.54, 1.807) is 6.20 Å². The molecular weight excluding hydrogens is 192 g/mol. The first kappa shape index (κ1) is 9.70. The average Bonchev–Trinajstić information content (AvgIpc) is 2.75. The maximum atomic E-state index is 5.48. The molecule has 0 aliphatic carbocycles. The smallest absolute Gasteiger partial charge is 0.165 e. The van der Waals surface area contributed by atoms with Crippen LogP contribution in [0.2, 0.25) is 0 Å². The highest BCUT2D eigenvalue weighted by molar-refractivity contribution is 5.19. The summed E-state index contributed by atoms with van der Waals surface area (Å²) in [5.74, 6) is 1.36. The van der Waals surface area contributed by atoms with Crippen LogP contribution in [0.1, 0.15) is 25.7 Å². The van der Waals surface area contributed by atoms with Crippen molar-refractivity contribution in [2.45, 2.75) is 26.4 Å². The standard InChI is InChI=1S/C9H14N6/c1-7(2)14-4-3-11-9(14)6-15-12-5-8(10)13-15/h3-5,7H,6H2,1-2H3,(H2,10,13). The summed E-state index contributed by atoms with van der Waals surface area (Å²) in [6.07, 6.45) is 5.26. The molecule has 80 valence electrons. The van der Waals surface area contributed by atoms with Gasteiger partial charge in [0.1, 0.15) is 12.4 Å². The highest BCUT2D eigenvalue weighted by atomic mass is 15.5. The first-order valence-corrected chi connectivity index (χ1v) is 4.84. The SMILES string of the molecule is CC(C)n1ccnc1Cn1ncc(N)n1. The van der Waals surface area contributed by atoms with Crippen LogP contribution in [0.4, 0.5) is 5.82 Å². The van der Waals surface area contributed by atoms with Gasteiger partial charge in [0.25, 0.3) is 0 Å². The van der Waals surface area contributed by atoms with Crippen molar-refractivity contribution in [3.63, 3.8) is 0 Å². The van der Waals surface area contributed by atoms with E-state index in [4.69, 9.17) is 5.73 Å². The van der Waals surface area contributed by atoms with Crippen molar-refractivity contribution in [2.24, 2.45) is 0 Å². The molecule has 0 aliphatic heterocycles. The Hall–Kier alpha value is -1.85. The number of anilines is 1. The number of rotatable bonds is 3. The minimum Gasteiger partial charge on any atom is -0.381 e. The predicted octanol–water partition coefficient (Wildman–Crippen LogP) is 0.686. The third-order valence-electron chi connectivity index (χ3n) is 2.14. The molecule has 6 nitrogen and oxygen atoms in total. The molecule has 0 amide bonds. The van der Waals surface area contributed by atoms with Crippen LogP contribution in [0.3, 0.4) is 0 Å². The zero-order valence-corrected chi connectivity index (χ0v) is 8.83. The molecule has 0 saturated carbocycles. The van der Waals surface area contributed by atoms with Gasteiger partial charge < -0.3 is 10.3 Å². The van der Waals surface area contributed by atoms with Crippen LogP contribution < -0.4 is 5.73 Å². The van der Waals surface area contributed by atoms with E-state index in [2.05, 4.69) is 33.6 Å². The van der Waals surface area contributed by atoms with Crippen LogP contribution in [0.15, 0.2) is 18.6 Å². The first-order valence-electron chi connectivity index (χ1n) is 4.84. The van der Waals surface area contributed by atoms with Gasteiger partial charge in [-0.2, -0.15) is 9.90 Å². The van der Waals surface area contributed by atoms with E-state index in [1.807, 2.05) is 6.20 Å². The second kappa shape index (κ2) is 3.72. The van der Waals surface area contributed by atoms with E-state index in [-0.39, 0.29) is 0 Å². The van der Waals surface area contributed by atoms with Gasteiger partial charge in [0.05, 0.1) is 6.20 Å². The molecule has 2 aromatic heterocycles. The molecule has 0 atom stereocenters. The van der Waals surface area contributed by atoms with Gasteiger partial charge >= 0.3 is 0 Å². The number of nitrogens with zero attached hydrogens (tertiary/aromatic N) is 5. The fraction of sp³-hybridized carbons (Fsp3) is 0.444. The maximum Gasteiger partial charge on any atom is 0.165 e. The Morgan fingerprint density at radius 3 is 2.87 bits per heavy atom. The van der Waals surface area contributed by atoms with Crippen LogP contribution in [0.25, 0.3) is 0 Å². The van der Waals surface area contributed by atoms with Crippen molar-refractivity contribution in [1.29, 1.82) is 0 Å². The number of nitrogens with two attached hydrogens (primary N) is 1. The monoisotopic (exact) mass is 206 g/mol. The third-order valence-corrected chi connectivity index (χ3v) is 2.14. The van der Waals surface area contributed by atoms with E-state index >= 15 is 0 Å². The van der Waals surface area contributed by atoms with Gasteiger partial charge in [0.15, 0.2) is 5.82 Å². The Bertz CT molecular complexity index is 441. The Morgan fingerprint density at radius 2 is 2.27 bits per heavy atom. The lowest BCUT2D eigenvalue weighted by atomic mass is 10.4. The molecule has 0 unspecified atom stereocenters. The van der Waals surface area contributed by atoms with Gasteiger partial charge in [-0.1, -0.05) is 0 Å². The lowest BCUT2D eigenvalue weighted by molar-refractivity contribution is 0.510. The molecule has 0 aliphatic rings. The number of nitrogen functional groups attached to an aromatic ring is 1. The van der Waals surface area contributed by atoms with Gasteiger partial charge in [-0.05, 0) is 13.8 Å². The molecule has 0 fully saturated rings. The van der Waals surface area contributed by atoms with E-state index in [1.165, 1.54) is 11.0 Å². The summed E-state index contributed by atoms with van der Waals surface area (Å²) >= 11 is 0. The normalized spacial score (nSPS) is 11.1. The molecule has 0 aromatic carbocycles. The van der Waals surface area contributed by atoms with Gasteiger partial charge in [-0.15, -0.1) is 5.10 Å². The summed E-state index contributed by atoms with van der Waals surface area (Å²) in [6.45, 7) is 4.76. The highest BCUT2D eigenvalue weighted by Gasteiger charge is 2.07. The van der Waals surface area contributed by atoms with Crippen molar-refractivity contribution < 1.29 is 0 Å². The molecule has 0 saturated heterocycles. The topological polar surface area (TPSA) is 74.5 Å². The lowest BCUT2D eigenvalue weighted by Gasteiger charge is -2.10. The molecule has 2 heterocycles. The van der Waals surface area contributed by atoms with Crippen LogP contribution in [-0.2, 0) is 6.54 Å². The third kappa shape index (κ3) is 1.98. The number of hydrogen-bond donors (Lipinski definition) is 1. The summed E-state index contributed by atoms with van der Waals surface area (Å²) < 4.78 is 2.08. The van der Waals surface area contributed by atoms with Crippen LogP contribution >= 0.6 is 0 Å². The minimum absolute atomic E-state index is 0.385. The Kier molecular flexibility index (Phi) is 2.40. The van der Waals surface area contributed by atoms with Gasteiger partial charge in [0.2, 0.25) is 0 Å². The van der Waals surface area contributed by atoms with Crippen LogP contribution in [0, 0.1) is 0 Å². The van der Waals surface area contributed by atoms with Crippen molar-refractivity contribution >= 4 is 5.82 Å². The second-order valence-corrected chi connectivity index (χ2v) is 3.64. The largest absolute Gasteiger partial charge is 0.381 e. The molecule has 2 aromatic rings. The summed E-state index contributed by atoms with van der Waals surface area (Å²) in [6, 6.07) is 0.385. The van der Waals surface area contributed by atoms with E-state index < -0.39 is 0 Å². The van der Waals surface area contributed by atoms with Crippen LogP contribution in [0.5, 0.6) is 0 Å². The fourth-order valence-electron chi connectivity index (χ4n) is 1.45. The molecule has 15 heavy (non-hydrogen) atoms. The molecule has 6 heteroatoms. The quantitative estimate of drug-likeness (QED) is 0.801. The summed E-state index contributed by atoms with van der Waals surface area (Å²) in [5.41, 5.74) is 5.48. The van der Waals surface area contributed by atoms with Gasteiger partial charge in [0, 0.05) is 18.4 Å². The molecular formula is C9H14N6. The molecule has 2 N–H and O–H groups in total. The number of imidazole rings is 1. The predicted molar refractivity (Wildman–Crippen MR) is 56.1 cm³/mol. The summed E-state index contributed by atoms with van der Waals surface area (Å²) in [4.78, 5) is 5.80. The van der Waals surface area contributed by atoms with E-state index in [0.29, 0.717) is 18.4 Å². The van der Waals surface area contributed by atoms with Gasteiger partial charge in [-0.3, -0.25) is 0 Å². The Morgan fingerprint density at radius 1 is 1.47 bits per heavy atom. The highest BCUT2D eigenvalue weighted by Crippen LogP contribution is 2.08. The van der Waals surface area contributed by atoms with E-state index in [0.717, 1.165) is 5.82 Å². The fourth-order valence-corrected chi connectivity index (χ4v) is 1.45. The minimum atomic E-state index is 0.385. The Balaban J connectivity index is 2.20. The summed E-state index contributed by atoms with van der Waals surface area (Å²) in [7, 11) is 0. The zero-order valence-electron chi connectivity index (χ0n) is 8.83. The second-order valence-electron chi connectivity index (χ2n) is 3.64. The number of aromatic nitrogens is 5. The Labute approximate surface area is 87.7 Å². The van der Waals surface area contributed by atoms with E-state index in [9.17, 15) is 0 Å². The van der Waals surface area contributed by atoms with Crippen LogP contribution in [-0.4, -0.2) is 24.5 Å².